The van der Waals surface area contributed by atoms with Crippen LogP contribution in [-0.2, 0) is 6.42 Å². The van der Waals surface area contributed by atoms with Crippen molar-refractivity contribution in [3.05, 3.63) is 65.0 Å². The Hall–Kier alpha value is -1.87. The minimum Gasteiger partial charge on any atom is -0.497 e. The van der Waals surface area contributed by atoms with Crippen LogP contribution < -0.4 is 4.74 Å². The van der Waals surface area contributed by atoms with Crippen LogP contribution in [0.1, 0.15) is 42.6 Å². The van der Waals surface area contributed by atoms with Crippen molar-refractivity contribution in [2.75, 3.05) is 7.11 Å². The van der Waals surface area contributed by atoms with Gasteiger partial charge in [0.2, 0.25) is 0 Å². The van der Waals surface area contributed by atoms with E-state index in [9.17, 15) is 9.50 Å². The third kappa shape index (κ3) is 3.82. The molecule has 0 bridgehead atoms. The topological polar surface area (TPSA) is 29.5 Å². The van der Waals surface area contributed by atoms with Crippen LogP contribution in [0.5, 0.6) is 5.75 Å². The molecule has 112 valence electrons. The second kappa shape index (κ2) is 7.23. The lowest BCUT2D eigenvalue weighted by atomic mass is 9.98. The minimum atomic E-state index is -0.962. The zero-order chi connectivity index (χ0) is 15.2. The number of methoxy groups -OCH3 is 1. The van der Waals surface area contributed by atoms with Gasteiger partial charge < -0.3 is 9.84 Å². The summed E-state index contributed by atoms with van der Waals surface area (Å²) in [5, 5.41) is 10.3. The van der Waals surface area contributed by atoms with Gasteiger partial charge >= 0.3 is 0 Å². The Balaban J connectivity index is 2.17. The lowest BCUT2D eigenvalue weighted by molar-refractivity contribution is 0.214. The van der Waals surface area contributed by atoms with Gasteiger partial charge in [0.1, 0.15) is 17.7 Å². The monoisotopic (exact) mass is 288 g/mol. The number of benzene rings is 2. The molecular weight excluding hydrogens is 267 g/mol. The van der Waals surface area contributed by atoms with E-state index >= 15 is 0 Å². The number of aryl methyl sites for hydroxylation is 1. The van der Waals surface area contributed by atoms with E-state index in [-0.39, 0.29) is 5.56 Å². The van der Waals surface area contributed by atoms with E-state index in [1.54, 1.807) is 12.1 Å². The maximum Gasteiger partial charge on any atom is 0.133 e. The van der Waals surface area contributed by atoms with Gasteiger partial charge in [-0.1, -0.05) is 37.6 Å². The van der Waals surface area contributed by atoms with Crippen LogP contribution in [0.25, 0.3) is 0 Å². The molecule has 0 spiro atoms. The van der Waals surface area contributed by atoms with E-state index in [1.165, 1.54) is 18.7 Å². The molecule has 1 unspecified atom stereocenters. The molecule has 0 aliphatic rings. The molecule has 2 aromatic rings. The van der Waals surface area contributed by atoms with Crippen LogP contribution in [0.3, 0.4) is 0 Å². The fourth-order valence-corrected chi connectivity index (χ4v) is 2.28. The van der Waals surface area contributed by atoms with Crippen molar-refractivity contribution < 1.29 is 14.2 Å². The molecule has 2 rings (SSSR count). The minimum absolute atomic E-state index is 0.261. The Morgan fingerprint density at radius 1 is 1.14 bits per heavy atom. The van der Waals surface area contributed by atoms with Crippen LogP contribution >= 0.6 is 0 Å². The molecular formula is C18H21FO2. The van der Waals surface area contributed by atoms with Crippen LogP contribution in [0.15, 0.2) is 42.5 Å². The molecule has 1 atom stereocenters. The molecule has 2 aromatic carbocycles. The molecule has 0 saturated heterocycles. The summed E-state index contributed by atoms with van der Waals surface area (Å²) < 4.78 is 18.9. The zero-order valence-electron chi connectivity index (χ0n) is 12.5. The highest BCUT2D eigenvalue weighted by Crippen LogP contribution is 2.27. The SMILES string of the molecule is CCCCc1ccc(C(O)c2ccc(OC)cc2F)cc1. The van der Waals surface area contributed by atoms with Gasteiger partial charge in [0.15, 0.2) is 0 Å². The number of hydrogen-bond acceptors (Lipinski definition) is 2. The number of unbranched alkanes of at least 4 members (excludes halogenated alkanes) is 1. The van der Waals surface area contributed by atoms with E-state index in [0.29, 0.717) is 11.3 Å². The van der Waals surface area contributed by atoms with Crippen molar-refractivity contribution >= 4 is 0 Å². The first-order chi connectivity index (χ1) is 10.2. The summed E-state index contributed by atoms with van der Waals surface area (Å²) in [4.78, 5) is 0. The molecule has 0 radical (unpaired) electrons. The van der Waals surface area contributed by atoms with Gasteiger partial charge in [-0.2, -0.15) is 0 Å². The number of aliphatic hydroxyl groups is 1. The molecule has 0 fully saturated rings. The Morgan fingerprint density at radius 2 is 1.86 bits per heavy atom. The second-order valence-electron chi connectivity index (χ2n) is 5.14. The number of hydrogen-bond donors (Lipinski definition) is 1. The molecule has 3 heteroatoms. The summed E-state index contributed by atoms with van der Waals surface area (Å²) in [7, 11) is 1.49. The number of rotatable bonds is 6. The van der Waals surface area contributed by atoms with Gasteiger partial charge in [0, 0.05) is 11.6 Å². The smallest absolute Gasteiger partial charge is 0.133 e. The van der Waals surface area contributed by atoms with Gasteiger partial charge in [-0.3, -0.25) is 0 Å². The van der Waals surface area contributed by atoms with Crippen molar-refractivity contribution in [1.82, 2.24) is 0 Å². The predicted octanol–water partition coefficient (Wildman–Crippen LogP) is 4.26. The van der Waals surface area contributed by atoms with Crippen LogP contribution in [0, 0.1) is 5.82 Å². The summed E-state index contributed by atoms with van der Waals surface area (Å²) in [6.45, 7) is 2.16. The summed E-state index contributed by atoms with van der Waals surface area (Å²) in [5.74, 6) is -0.0183. The Bertz CT molecular complexity index is 578. The van der Waals surface area contributed by atoms with E-state index in [4.69, 9.17) is 4.74 Å². The Morgan fingerprint density at radius 3 is 2.43 bits per heavy atom. The van der Waals surface area contributed by atoms with Gasteiger partial charge in [-0.25, -0.2) is 4.39 Å². The Kier molecular flexibility index (Phi) is 5.34. The first-order valence-corrected chi connectivity index (χ1v) is 7.26. The lowest BCUT2D eigenvalue weighted by Crippen LogP contribution is -2.03. The molecule has 1 N–H and O–H groups in total. The third-order valence-electron chi connectivity index (χ3n) is 3.62. The fraction of sp³-hybridized carbons (Fsp3) is 0.333. The van der Waals surface area contributed by atoms with Crippen molar-refractivity contribution in [1.29, 1.82) is 0 Å². The predicted molar refractivity (Wildman–Crippen MR) is 82.1 cm³/mol. The fourth-order valence-electron chi connectivity index (χ4n) is 2.28. The van der Waals surface area contributed by atoms with E-state index in [0.717, 1.165) is 19.3 Å². The van der Waals surface area contributed by atoms with Gasteiger partial charge in [-0.15, -0.1) is 0 Å². The summed E-state index contributed by atoms with van der Waals surface area (Å²) in [6, 6.07) is 12.2. The summed E-state index contributed by atoms with van der Waals surface area (Å²) in [6.07, 6.45) is 2.37. The van der Waals surface area contributed by atoms with Crippen molar-refractivity contribution in [2.24, 2.45) is 0 Å². The third-order valence-corrected chi connectivity index (χ3v) is 3.62. The number of halogens is 1. The highest BCUT2D eigenvalue weighted by atomic mass is 19.1. The van der Waals surface area contributed by atoms with Crippen LogP contribution in [0.2, 0.25) is 0 Å². The summed E-state index contributed by atoms with van der Waals surface area (Å²) >= 11 is 0. The van der Waals surface area contributed by atoms with Crippen molar-refractivity contribution in [3.63, 3.8) is 0 Å². The Labute approximate surface area is 125 Å². The molecule has 0 aliphatic carbocycles. The average molecular weight is 288 g/mol. The molecule has 21 heavy (non-hydrogen) atoms. The molecule has 0 heterocycles. The van der Waals surface area contributed by atoms with Crippen LogP contribution in [0.4, 0.5) is 4.39 Å². The van der Waals surface area contributed by atoms with Gasteiger partial charge in [0.05, 0.1) is 7.11 Å². The first kappa shape index (κ1) is 15.5. The molecule has 0 saturated carbocycles. The summed E-state index contributed by atoms with van der Waals surface area (Å²) in [5.41, 5.74) is 2.19. The molecule has 0 aliphatic heterocycles. The van der Waals surface area contributed by atoms with Gasteiger partial charge in [0.25, 0.3) is 0 Å². The quantitative estimate of drug-likeness (QED) is 0.860. The lowest BCUT2D eigenvalue weighted by Gasteiger charge is -2.14. The molecule has 0 aromatic heterocycles. The second-order valence-corrected chi connectivity index (χ2v) is 5.14. The molecule has 0 amide bonds. The molecule has 2 nitrogen and oxygen atoms in total. The normalized spacial score (nSPS) is 12.2. The zero-order valence-corrected chi connectivity index (χ0v) is 12.5. The maximum atomic E-state index is 14.0. The van der Waals surface area contributed by atoms with E-state index < -0.39 is 11.9 Å². The highest BCUT2D eigenvalue weighted by molar-refractivity contribution is 5.36. The first-order valence-electron chi connectivity index (χ1n) is 7.26. The number of aliphatic hydroxyl groups excluding tert-OH is 1. The van der Waals surface area contributed by atoms with Gasteiger partial charge in [-0.05, 0) is 36.1 Å². The highest BCUT2D eigenvalue weighted by Gasteiger charge is 2.15. The standard InChI is InChI=1S/C18H21FO2/c1-3-4-5-13-6-8-14(9-7-13)18(20)16-11-10-15(21-2)12-17(16)19/h6-12,18,20H,3-5H2,1-2H3. The van der Waals surface area contributed by atoms with Crippen LogP contribution in [-0.4, -0.2) is 12.2 Å². The van der Waals surface area contributed by atoms with E-state index in [2.05, 4.69) is 6.92 Å². The number of ether oxygens (including phenoxy) is 1. The largest absolute Gasteiger partial charge is 0.497 e. The van der Waals surface area contributed by atoms with E-state index in [1.807, 2.05) is 24.3 Å². The van der Waals surface area contributed by atoms with Crippen molar-refractivity contribution in [3.8, 4) is 5.75 Å². The maximum absolute atomic E-state index is 14.0. The average Bonchev–Trinajstić information content (AvgIpc) is 2.52. The van der Waals surface area contributed by atoms with Crippen molar-refractivity contribution in [2.45, 2.75) is 32.3 Å².